The molecule has 0 heterocycles. The van der Waals surface area contributed by atoms with E-state index >= 15 is 0 Å². The number of hydrogen-bond donors (Lipinski definition) is 0. The van der Waals surface area contributed by atoms with E-state index in [2.05, 4.69) is 20.4 Å². The van der Waals surface area contributed by atoms with Crippen molar-refractivity contribution >= 4 is 30.1 Å². The Balaban J connectivity index is 2.83. The minimum atomic E-state index is -0.947. The molecule has 0 amide bonds. The van der Waals surface area contributed by atoms with Crippen LogP contribution in [0.25, 0.3) is 0 Å². The van der Waals surface area contributed by atoms with Gasteiger partial charge in [-0.25, -0.2) is 0 Å². The van der Waals surface area contributed by atoms with Crippen LogP contribution in [0, 0.1) is 11.6 Å². The van der Waals surface area contributed by atoms with Crippen LogP contribution in [0.15, 0.2) is 12.2 Å². The summed E-state index contributed by atoms with van der Waals surface area (Å²) in [6.07, 6.45) is 3.31. The van der Waals surface area contributed by atoms with E-state index in [1.54, 1.807) is 0 Å². The smallest absolute Gasteiger partial charge is 0.147 e. The van der Waals surface area contributed by atoms with Crippen LogP contribution < -0.4 is 0 Å². The first kappa shape index (κ1) is 16.2. The van der Waals surface area contributed by atoms with E-state index in [1.165, 1.54) is 16.7 Å². The third kappa shape index (κ3) is 3.84. The molecule has 0 aromatic heterocycles. The van der Waals surface area contributed by atoms with E-state index < -0.39 is 7.07 Å². The van der Waals surface area contributed by atoms with Gasteiger partial charge in [0.25, 0.3) is 0 Å². The molecule has 2 nitrogen and oxygen atoms in total. The summed E-state index contributed by atoms with van der Waals surface area (Å²) in [5, 5.41) is 0. The first-order chi connectivity index (χ1) is 8.30. The van der Waals surface area contributed by atoms with Crippen LogP contribution in [0.4, 0.5) is 0 Å². The summed E-state index contributed by atoms with van der Waals surface area (Å²) >= 11 is 6.81. The predicted molar refractivity (Wildman–Crippen MR) is 85.9 cm³/mol. The summed E-state index contributed by atoms with van der Waals surface area (Å²) in [6.45, 7) is 8.36. The molecule has 18 heavy (non-hydrogen) atoms. The lowest BCUT2D eigenvalue weighted by atomic mass is 9.77. The predicted octanol–water partition coefficient (Wildman–Crippen LogP) is 4.16. The van der Waals surface area contributed by atoms with Crippen LogP contribution in [0.5, 0.6) is 0 Å². The molecule has 102 valence electrons. The lowest BCUT2D eigenvalue weighted by Crippen LogP contribution is -2.42. The maximum absolute atomic E-state index is 6.10. The fourth-order valence-corrected chi connectivity index (χ4v) is 3.83. The van der Waals surface area contributed by atoms with E-state index in [0.29, 0.717) is 5.92 Å². The highest BCUT2D eigenvalue weighted by atomic mass is 32.4. The van der Waals surface area contributed by atoms with Gasteiger partial charge in [0.05, 0.1) is 4.75 Å². The molecule has 0 aromatic carbocycles. The Morgan fingerprint density at radius 3 is 2.67 bits per heavy atom. The molecule has 0 spiro atoms. The highest BCUT2D eigenvalue weighted by molar-refractivity contribution is 8.01. The molecule has 0 aromatic rings. The van der Waals surface area contributed by atoms with Crippen molar-refractivity contribution in [3.05, 3.63) is 12.2 Å². The molecule has 1 unspecified atom stereocenters. The van der Waals surface area contributed by atoms with E-state index in [0.717, 1.165) is 19.3 Å². The monoisotopic (exact) mass is 304 g/mol. The van der Waals surface area contributed by atoms with Gasteiger partial charge < -0.3 is 0 Å². The van der Waals surface area contributed by atoms with Crippen molar-refractivity contribution < 1.29 is 4.52 Å². The lowest BCUT2D eigenvalue weighted by molar-refractivity contribution is 0.114. The second-order valence-corrected chi connectivity index (χ2v) is 9.02. The number of nitrogens with zero attached hydrogens (tertiary/aromatic N) is 1. The topological polar surface area (TPSA) is 12.5 Å². The van der Waals surface area contributed by atoms with Crippen molar-refractivity contribution in [1.82, 2.24) is 4.67 Å². The van der Waals surface area contributed by atoms with Crippen molar-refractivity contribution in [3.63, 3.8) is 0 Å². The molecule has 0 radical (unpaired) electrons. The van der Waals surface area contributed by atoms with Crippen molar-refractivity contribution in [2.45, 2.75) is 44.0 Å². The van der Waals surface area contributed by atoms with E-state index in [9.17, 15) is 0 Å². The number of allylic oxidation sites excluding steroid dienone is 1. The third-order valence-electron chi connectivity index (χ3n) is 3.68. The molecular weight excluding hydrogens is 281 g/mol. The van der Waals surface area contributed by atoms with E-state index in [-0.39, 0.29) is 10.9 Å². The molecular formula is C13H23NOPS2+. The quantitative estimate of drug-likeness (QED) is 0.571. The fraction of sp³-hybridized carbons (Fsp3) is 0.769. The Kier molecular flexibility index (Phi) is 5.92. The largest absolute Gasteiger partial charge is 0.442 e. The summed E-state index contributed by atoms with van der Waals surface area (Å²) in [5.74, 6) is 0.538. The molecule has 1 saturated carbocycles. The lowest BCUT2D eigenvalue weighted by Gasteiger charge is -2.38. The Morgan fingerprint density at radius 1 is 1.61 bits per heavy atom. The zero-order chi connectivity index (χ0) is 13.9. The molecule has 0 aliphatic heterocycles. The van der Waals surface area contributed by atoms with Gasteiger partial charge in [0, 0.05) is 14.1 Å². The second kappa shape index (κ2) is 6.56. The molecule has 1 fully saturated rings. The molecule has 1 aliphatic carbocycles. The Bertz CT molecular complexity index is 391. The van der Waals surface area contributed by atoms with Crippen molar-refractivity contribution in [1.29, 1.82) is 0 Å². The minimum absolute atomic E-state index is 0.0264. The Labute approximate surface area is 121 Å². The van der Waals surface area contributed by atoms with E-state index in [1.807, 2.05) is 18.8 Å². The fourth-order valence-electron chi connectivity index (χ4n) is 2.19. The highest BCUT2D eigenvalue weighted by Gasteiger charge is 2.44. The molecule has 1 aliphatic rings. The van der Waals surface area contributed by atoms with E-state index in [4.69, 9.17) is 22.0 Å². The van der Waals surface area contributed by atoms with Gasteiger partial charge in [-0.05, 0) is 39.0 Å². The maximum Gasteiger partial charge on any atom is 0.442 e. The summed E-state index contributed by atoms with van der Waals surface area (Å²) in [5.41, 5.74) is 7.12. The second-order valence-electron chi connectivity index (χ2n) is 5.43. The highest BCUT2D eigenvalue weighted by Crippen LogP contribution is 2.45. The van der Waals surface area contributed by atoms with Crippen LogP contribution in [0.3, 0.4) is 0 Å². The van der Waals surface area contributed by atoms with Gasteiger partial charge in [-0.3, -0.25) is 0 Å². The van der Waals surface area contributed by atoms with Crippen LogP contribution >= 0.6 is 18.2 Å². The average Bonchev–Trinajstić information content (AvgIpc) is 2.31. The van der Waals surface area contributed by atoms with Crippen LogP contribution in [-0.4, -0.2) is 29.6 Å². The summed E-state index contributed by atoms with van der Waals surface area (Å²) in [4.78, 5) is 0. The summed E-state index contributed by atoms with van der Waals surface area (Å²) in [7, 11) is 2.98. The van der Waals surface area contributed by atoms with Gasteiger partial charge in [-0.2, -0.15) is 0 Å². The van der Waals surface area contributed by atoms with Gasteiger partial charge in [-0.15, -0.1) is 21.4 Å². The first-order valence-corrected chi connectivity index (χ1v) is 9.25. The molecule has 0 bridgehead atoms. The standard InChI is InChI=1S/C13H23NOPS2/c1-10(2)11-7-8-13(3,18-6)12(9-11)15-16(17)14(4)5/h6,11-12H,1,7-9H2,2-5H3/q+1/t11-,12+,13+/m0/s1. The number of hydrogen-bond acceptors (Lipinski definition) is 2. The Morgan fingerprint density at radius 2 is 2.22 bits per heavy atom. The molecule has 5 heteroatoms. The Hall–Kier alpha value is 0.180. The third-order valence-corrected chi connectivity index (χ3v) is 7.01. The normalized spacial score (nSPS) is 33.2. The maximum atomic E-state index is 6.10. The number of rotatable bonds is 4. The molecule has 0 N–H and O–H groups in total. The average molecular weight is 304 g/mol. The van der Waals surface area contributed by atoms with Gasteiger partial charge in [0.15, 0.2) is 0 Å². The van der Waals surface area contributed by atoms with Crippen molar-refractivity contribution in [3.8, 4) is 5.69 Å². The zero-order valence-corrected chi connectivity index (χ0v) is 14.2. The van der Waals surface area contributed by atoms with Gasteiger partial charge in [0.2, 0.25) is 11.8 Å². The van der Waals surface area contributed by atoms with Crippen LogP contribution in [0.1, 0.15) is 33.1 Å². The molecule has 0 saturated heterocycles. The van der Waals surface area contributed by atoms with Crippen LogP contribution in [0.2, 0.25) is 0 Å². The summed E-state index contributed by atoms with van der Waals surface area (Å²) < 4.78 is 8.05. The summed E-state index contributed by atoms with van der Waals surface area (Å²) in [6, 6.07) is 0. The SMILES string of the molecule is C#S[C@]1(C)CC[C@H](C(=C)C)C[C@H]1O[P+](=S)N(C)C. The van der Waals surface area contributed by atoms with Gasteiger partial charge in [0.1, 0.15) is 6.10 Å². The van der Waals surface area contributed by atoms with Gasteiger partial charge in [-0.1, -0.05) is 16.8 Å². The van der Waals surface area contributed by atoms with Crippen molar-refractivity contribution in [2.24, 2.45) is 5.92 Å². The van der Waals surface area contributed by atoms with Crippen LogP contribution in [-0.2, 0) is 16.3 Å². The first-order valence-electron chi connectivity index (χ1n) is 6.14. The molecule has 4 atom stereocenters. The minimum Gasteiger partial charge on any atom is -0.147 e. The zero-order valence-electron chi connectivity index (χ0n) is 11.7. The van der Waals surface area contributed by atoms with Gasteiger partial charge >= 0.3 is 7.07 Å². The molecule has 1 rings (SSSR count). The van der Waals surface area contributed by atoms with Crippen molar-refractivity contribution in [2.75, 3.05) is 14.1 Å².